The van der Waals surface area contributed by atoms with Crippen LogP contribution in [0.25, 0.3) is 131 Å². The van der Waals surface area contributed by atoms with Crippen molar-refractivity contribution in [3.63, 3.8) is 0 Å². The molecule has 15 aromatic rings. The predicted molar refractivity (Wildman–Crippen MR) is 244 cm³/mol. The Morgan fingerprint density at radius 1 is 0.207 bits per heavy atom. The molecule has 0 bridgehead atoms. The molecule has 0 saturated heterocycles. The Labute approximate surface area is 329 Å². The van der Waals surface area contributed by atoms with Gasteiger partial charge in [0.2, 0.25) is 0 Å². The first-order valence-corrected chi connectivity index (χ1v) is 20.1. The van der Waals surface area contributed by atoms with Crippen molar-refractivity contribution in [3.8, 4) is 11.4 Å². The Kier molecular flexibility index (Phi) is 5.14. The summed E-state index contributed by atoms with van der Waals surface area (Å²) in [6, 6.07) is 67.6. The van der Waals surface area contributed by atoms with Crippen molar-refractivity contribution in [2.75, 3.05) is 0 Å². The second kappa shape index (κ2) is 10.1. The molecule has 0 amide bonds. The van der Waals surface area contributed by atoms with Gasteiger partial charge in [-0.2, -0.15) is 0 Å². The largest absolute Gasteiger partial charge is 0.307 e. The minimum atomic E-state index is 1.17. The van der Waals surface area contributed by atoms with Crippen molar-refractivity contribution in [1.29, 1.82) is 0 Å². The van der Waals surface area contributed by atoms with Crippen LogP contribution in [0.2, 0.25) is 0 Å². The van der Waals surface area contributed by atoms with E-state index >= 15 is 0 Å². The van der Waals surface area contributed by atoms with Crippen LogP contribution in [0.15, 0.2) is 182 Å². The lowest BCUT2D eigenvalue weighted by Gasteiger charge is -2.10. The van der Waals surface area contributed by atoms with E-state index in [-0.39, 0.29) is 0 Å². The van der Waals surface area contributed by atoms with Crippen LogP contribution >= 0.6 is 0 Å². The molecule has 6 aromatic heterocycles. The maximum Gasteiger partial charge on any atom is 0.0789 e. The monoisotopic (exact) mass is 734 g/mol. The zero-order valence-electron chi connectivity index (χ0n) is 31.1. The van der Waals surface area contributed by atoms with E-state index in [2.05, 4.69) is 200 Å². The minimum Gasteiger partial charge on any atom is -0.307 e. The highest BCUT2D eigenvalue weighted by atomic mass is 15.0. The molecule has 0 aliphatic heterocycles. The predicted octanol–water partition coefficient (Wildman–Crippen LogP) is 14.2. The van der Waals surface area contributed by atoms with Gasteiger partial charge in [-0.1, -0.05) is 133 Å². The third-order valence-electron chi connectivity index (χ3n) is 13.4. The molecule has 0 radical (unpaired) electrons. The molecule has 58 heavy (non-hydrogen) atoms. The van der Waals surface area contributed by atoms with Gasteiger partial charge in [0, 0.05) is 76.0 Å². The minimum absolute atomic E-state index is 1.17. The molecule has 0 spiro atoms. The van der Waals surface area contributed by atoms with Crippen LogP contribution in [0.1, 0.15) is 0 Å². The fourth-order valence-corrected chi connectivity index (χ4v) is 11.2. The zero-order chi connectivity index (χ0) is 37.4. The van der Waals surface area contributed by atoms with E-state index in [9.17, 15) is 0 Å². The summed E-state index contributed by atoms with van der Waals surface area (Å²) in [7, 11) is 0. The van der Waals surface area contributed by atoms with Gasteiger partial charge in [-0.15, -0.1) is 0 Å². The van der Waals surface area contributed by atoms with Gasteiger partial charge in [-0.05, 0) is 48.5 Å². The number of nitrogens with zero attached hydrogens (tertiary/aromatic N) is 4. The molecule has 9 aromatic carbocycles. The quantitative estimate of drug-likeness (QED) is 0.168. The number of hydrogen-bond donors (Lipinski definition) is 0. The number of aromatic nitrogens is 4. The van der Waals surface area contributed by atoms with Crippen molar-refractivity contribution in [2.45, 2.75) is 0 Å². The summed E-state index contributed by atoms with van der Waals surface area (Å²) in [5, 5.41) is 15.4. The van der Waals surface area contributed by atoms with Gasteiger partial charge in [-0.25, -0.2) is 0 Å². The third kappa shape index (κ3) is 3.30. The van der Waals surface area contributed by atoms with Gasteiger partial charge >= 0.3 is 0 Å². The summed E-state index contributed by atoms with van der Waals surface area (Å²) in [5.41, 5.74) is 14.9. The SMILES string of the molecule is c1ccc(-n2c3ccccc3c3ccc4c5cccc6c7cc8c(cc7n(c65)c4c32)c2cccc3c4ccc5c6ccccc6n(-c6ccccc6)c5c4n8c23)cc1. The topological polar surface area (TPSA) is 18.7 Å². The summed E-state index contributed by atoms with van der Waals surface area (Å²) in [5.74, 6) is 0. The van der Waals surface area contributed by atoms with Crippen LogP contribution < -0.4 is 0 Å². The van der Waals surface area contributed by atoms with Crippen molar-refractivity contribution in [2.24, 2.45) is 0 Å². The normalized spacial score (nSPS) is 12.8. The number of rotatable bonds is 2. The highest BCUT2D eigenvalue weighted by molar-refractivity contribution is 6.33. The Morgan fingerprint density at radius 2 is 0.534 bits per heavy atom. The maximum atomic E-state index is 2.59. The van der Waals surface area contributed by atoms with E-state index in [1.807, 2.05) is 0 Å². The average molecular weight is 735 g/mol. The van der Waals surface area contributed by atoms with Crippen molar-refractivity contribution in [3.05, 3.63) is 182 Å². The molecule has 0 aliphatic rings. The van der Waals surface area contributed by atoms with E-state index in [0.717, 1.165) is 0 Å². The lowest BCUT2D eigenvalue weighted by Crippen LogP contribution is -1.95. The highest BCUT2D eigenvalue weighted by Gasteiger charge is 2.26. The first-order valence-electron chi connectivity index (χ1n) is 20.1. The molecule has 4 heteroatoms. The van der Waals surface area contributed by atoms with Gasteiger partial charge < -0.3 is 17.9 Å². The summed E-state index contributed by atoms with van der Waals surface area (Å²) in [6.45, 7) is 0. The van der Waals surface area contributed by atoms with Crippen LogP contribution in [-0.2, 0) is 0 Å². The van der Waals surface area contributed by atoms with Crippen LogP contribution in [0.3, 0.4) is 0 Å². The van der Waals surface area contributed by atoms with Crippen LogP contribution in [0, 0.1) is 0 Å². The lowest BCUT2D eigenvalue weighted by molar-refractivity contribution is 1.18. The molecular weight excluding hydrogens is 705 g/mol. The molecule has 0 aliphatic carbocycles. The Morgan fingerprint density at radius 3 is 0.966 bits per heavy atom. The van der Waals surface area contributed by atoms with E-state index < -0.39 is 0 Å². The van der Waals surface area contributed by atoms with Gasteiger partial charge in [0.05, 0.1) is 55.2 Å². The second-order valence-electron chi connectivity index (χ2n) is 16.1. The molecule has 6 heterocycles. The molecule has 0 N–H and O–H groups in total. The molecule has 266 valence electrons. The van der Waals surface area contributed by atoms with E-state index in [4.69, 9.17) is 0 Å². The molecule has 0 atom stereocenters. The molecule has 0 saturated carbocycles. The van der Waals surface area contributed by atoms with E-state index in [1.54, 1.807) is 0 Å². The zero-order valence-corrected chi connectivity index (χ0v) is 31.1. The first-order chi connectivity index (χ1) is 28.8. The highest BCUT2D eigenvalue weighted by Crippen LogP contribution is 2.48. The first kappa shape index (κ1) is 29.5. The Hall–Kier alpha value is -7.82. The summed E-state index contributed by atoms with van der Waals surface area (Å²) >= 11 is 0. The smallest absolute Gasteiger partial charge is 0.0789 e. The van der Waals surface area contributed by atoms with Crippen LogP contribution in [0.5, 0.6) is 0 Å². The molecule has 15 rings (SSSR count). The fraction of sp³-hybridized carbons (Fsp3) is 0. The second-order valence-corrected chi connectivity index (χ2v) is 16.1. The van der Waals surface area contributed by atoms with Gasteiger partial charge in [0.1, 0.15) is 0 Å². The Bertz CT molecular complexity index is 3960. The van der Waals surface area contributed by atoms with Gasteiger partial charge in [-0.3, -0.25) is 0 Å². The van der Waals surface area contributed by atoms with Crippen molar-refractivity contribution in [1.82, 2.24) is 17.9 Å². The lowest BCUT2D eigenvalue weighted by atomic mass is 10.0. The molecule has 0 unspecified atom stereocenters. The standard InChI is InChI=1S/C54H30N4/c1-3-13-31(14-4-1)55-45-23-9-7-17-33(45)39-25-27-41-35-19-11-21-37-43-30-48-44(29-47(43)57(49(35)37)53(41)51(39)55)38-22-12-20-36-42-28-26-40-34-18-8-10-24-46(34)56(32-15-5-2-6-16-32)52(40)54(42)58(48)50(36)38/h1-30H. The van der Waals surface area contributed by atoms with Crippen molar-refractivity contribution < 1.29 is 0 Å². The molecular formula is C54H30N4. The number of fused-ring (bicyclic) bond motifs is 20. The average Bonchev–Trinajstić information content (AvgIpc) is 4.11. The van der Waals surface area contributed by atoms with E-state index in [0.29, 0.717) is 0 Å². The fourth-order valence-electron chi connectivity index (χ4n) is 11.2. The number of para-hydroxylation sites is 6. The van der Waals surface area contributed by atoms with Crippen molar-refractivity contribution >= 4 is 120 Å². The van der Waals surface area contributed by atoms with Crippen LogP contribution in [-0.4, -0.2) is 17.9 Å². The molecule has 4 nitrogen and oxygen atoms in total. The maximum absolute atomic E-state index is 2.59. The summed E-state index contributed by atoms with van der Waals surface area (Å²) in [6.07, 6.45) is 0. The van der Waals surface area contributed by atoms with Gasteiger partial charge in [0.25, 0.3) is 0 Å². The summed E-state index contributed by atoms with van der Waals surface area (Å²) in [4.78, 5) is 0. The van der Waals surface area contributed by atoms with E-state index in [1.165, 1.54) is 131 Å². The number of hydrogen-bond acceptors (Lipinski definition) is 0. The number of benzene rings is 9. The molecule has 0 fully saturated rings. The van der Waals surface area contributed by atoms with Gasteiger partial charge in [0.15, 0.2) is 0 Å². The third-order valence-corrected chi connectivity index (χ3v) is 13.4. The summed E-state index contributed by atoms with van der Waals surface area (Å²) < 4.78 is 10.1. The Balaban J connectivity index is 1.17. The van der Waals surface area contributed by atoms with Crippen LogP contribution in [0.4, 0.5) is 0 Å².